The summed E-state index contributed by atoms with van der Waals surface area (Å²) in [6, 6.07) is 24.0. The van der Waals surface area contributed by atoms with Crippen LogP contribution < -0.4 is 10.2 Å². The molecule has 4 rings (SSSR count). The molecule has 0 radical (unpaired) electrons. The van der Waals surface area contributed by atoms with E-state index in [1.54, 1.807) is 0 Å². The maximum absolute atomic E-state index is 3.43. The zero-order chi connectivity index (χ0) is 14.8. The number of nitrogens with one attached hydrogen (secondary N) is 1. The number of hydrogen-bond acceptors (Lipinski definition) is 2. The van der Waals surface area contributed by atoms with Crippen molar-refractivity contribution < 1.29 is 0 Å². The smallest absolute Gasteiger partial charge is 0.0447 e. The average molecular weight is 288 g/mol. The van der Waals surface area contributed by atoms with E-state index >= 15 is 0 Å². The molecule has 22 heavy (non-hydrogen) atoms. The van der Waals surface area contributed by atoms with Gasteiger partial charge in [-0.15, -0.1) is 0 Å². The SMILES string of the molecule is c1ccc(-c2ccc(N3CCNCC3)c3ccccc23)cc1. The molecule has 1 heterocycles. The summed E-state index contributed by atoms with van der Waals surface area (Å²) in [7, 11) is 0. The van der Waals surface area contributed by atoms with Crippen molar-refractivity contribution in [3.8, 4) is 11.1 Å². The second-order valence-electron chi connectivity index (χ2n) is 5.78. The van der Waals surface area contributed by atoms with Crippen molar-refractivity contribution >= 4 is 16.5 Å². The number of piperazine rings is 1. The summed E-state index contributed by atoms with van der Waals surface area (Å²) in [6.45, 7) is 4.28. The van der Waals surface area contributed by atoms with Crippen molar-refractivity contribution in [1.82, 2.24) is 5.32 Å². The quantitative estimate of drug-likeness (QED) is 0.769. The van der Waals surface area contributed by atoms with Crippen LogP contribution in [0.25, 0.3) is 21.9 Å². The zero-order valence-corrected chi connectivity index (χ0v) is 12.6. The monoisotopic (exact) mass is 288 g/mol. The van der Waals surface area contributed by atoms with Crippen LogP contribution in [-0.2, 0) is 0 Å². The minimum Gasteiger partial charge on any atom is -0.368 e. The van der Waals surface area contributed by atoms with Gasteiger partial charge in [-0.25, -0.2) is 0 Å². The Bertz CT molecular complexity index is 774. The highest BCUT2D eigenvalue weighted by molar-refractivity contribution is 6.03. The average Bonchev–Trinajstić information content (AvgIpc) is 2.62. The molecule has 0 aromatic heterocycles. The second-order valence-corrected chi connectivity index (χ2v) is 5.78. The van der Waals surface area contributed by atoms with Gasteiger partial charge in [-0.3, -0.25) is 0 Å². The Morgan fingerprint density at radius 3 is 2.14 bits per heavy atom. The van der Waals surface area contributed by atoms with Gasteiger partial charge < -0.3 is 10.2 Å². The van der Waals surface area contributed by atoms with E-state index in [0.717, 1.165) is 26.2 Å². The lowest BCUT2D eigenvalue weighted by atomic mass is 9.96. The zero-order valence-electron chi connectivity index (χ0n) is 12.6. The molecule has 3 aromatic carbocycles. The van der Waals surface area contributed by atoms with E-state index in [1.807, 2.05) is 0 Å². The topological polar surface area (TPSA) is 15.3 Å². The molecule has 2 nitrogen and oxygen atoms in total. The predicted molar refractivity (Wildman–Crippen MR) is 94.5 cm³/mol. The van der Waals surface area contributed by atoms with Crippen molar-refractivity contribution in [3.05, 3.63) is 66.7 Å². The number of hydrogen-bond donors (Lipinski definition) is 1. The molecule has 1 aliphatic rings. The summed E-state index contributed by atoms with van der Waals surface area (Å²) in [5.41, 5.74) is 3.96. The molecular formula is C20H20N2. The minimum atomic E-state index is 1.06. The molecule has 0 amide bonds. The Morgan fingerprint density at radius 2 is 1.36 bits per heavy atom. The standard InChI is InChI=1S/C20H20N2/c1-2-6-16(7-3-1)17-10-11-20(22-14-12-21-13-15-22)19-9-5-4-8-18(17)19/h1-11,21H,12-15H2. The van der Waals surface area contributed by atoms with E-state index < -0.39 is 0 Å². The van der Waals surface area contributed by atoms with Crippen LogP contribution in [0.4, 0.5) is 5.69 Å². The van der Waals surface area contributed by atoms with Crippen LogP contribution in [0, 0.1) is 0 Å². The lowest BCUT2D eigenvalue weighted by Gasteiger charge is -2.30. The molecule has 0 atom stereocenters. The molecule has 110 valence electrons. The lowest BCUT2D eigenvalue weighted by Crippen LogP contribution is -2.43. The molecule has 1 aliphatic heterocycles. The summed E-state index contributed by atoms with van der Waals surface area (Å²) < 4.78 is 0. The maximum atomic E-state index is 3.43. The Kier molecular flexibility index (Phi) is 3.53. The van der Waals surface area contributed by atoms with Crippen LogP contribution in [0.5, 0.6) is 0 Å². The molecule has 0 aliphatic carbocycles. The van der Waals surface area contributed by atoms with Crippen molar-refractivity contribution in [2.45, 2.75) is 0 Å². The molecule has 2 heteroatoms. The highest BCUT2D eigenvalue weighted by Gasteiger charge is 2.14. The fraction of sp³-hybridized carbons (Fsp3) is 0.200. The minimum absolute atomic E-state index is 1.06. The first-order chi connectivity index (χ1) is 10.9. The van der Waals surface area contributed by atoms with Crippen LogP contribution in [-0.4, -0.2) is 26.2 Å². The first-order valence-electron chi connectivity index (χ1n) is 7.96. The van der Waals surface area contributed by atoms with E-state index in [2.05, 4.69) is 76.9 Å². The lowest BCUT2D eigenvalue weighted by molar-refractivity contribution is 0.590. The highest BCUT2D eigenvalue weighted by Crippen LogP contribution is 2.34. The van der Waals surface area contributed by atoms with Gasteiger partial charge in [-0.1, -0.05) is 60.7 Å². The number of fused-ring (bicyclic) bond motifs is 1. The maximum Gasteiger partial charge on any atom is 0.0447 e. The van der Waals surface area contributed by atoms with E-state index in [9.17, 15) is 0 Å². The van der Waals surface area contributed by atoms with Crippen LogP contribution in [0.15, 0.2) is 66.7 Å². The molecule has 0 saturated carbocycles. The van der Waals surface area contributed by atoms with Crippen molar-refractivity contribution in [3.63, 3.8) is 0 Å². The molecule has 3 aromatic rings. The summed E-state index contributed by atoms with van der Waals surface area (Å²) in [4.78, 5) is 2.49. The van der Waals surface area contributed by atoms with Gasteiger partial charge in [-0.2, -0.15) is 0 Å². The Hall–Kier alpha value is -2.32. The van der Waals surface area contributed by atoms with Crippen LogP contribution in [0.2, 0.25) is 0 Å². The third kappa shape index (κ3) is 2.36. The number of benzene rings is 3. The summed E-state index contributed by atoms with van der Waals surface area (Å²) in [5.74, 6) is 0. The van der Waals surface area contributed by atoms with Crippen molar-refractivity contribution in [2.75, 3.05) is 31.1 Å². The number of rotatable bonds is 2. The Balaban J connectivity index is 1.88. The second kappa shape index (κ2) is 5.82. The van der Waals surface area contributed by atoms with E-state index in [4.69, 9.17) is 0 Å². The normalized spacial score (nSPS) is 15.2. The predicted octanol–water partition coefficient (Wildman–Crippen LogP) is 3.92. The fourth-order valence-electron chi connectivity index (χ4n) is 3.33. The fourth-order valence-corrected chi connectivity index (χ4v) is 3.33. The van der Waals surface area contributed by atoms with Crippen molar-refractivity contribution in [1.29, 1.82) is 0 Å². The largest absolute Gasteiger partial charge is 0.368 e. The first-order valence-corrected chi connectivity index (χ1v) is 7.96. The summed E-state index contributed by atoms with van der Waals surface area (Å²) in [5, 5.41) is 6.12. The van der Waals surface area contributed by atoms with Crippen molar-refractivity contribution in [2.24, 2.45) is 0 Å². The van der Waals surface area contributed by atoms with Gasteiger partial charge in [0.05, 0.1) is 0 Å². The summed E-state index contributed by atoms with van der Waals surface area (Å²) in [6.07, 6.45) is 0. The van der Waals surface area contributed by atoms with E-state index in [0.29, 0.717) is 0 Å². The molecule has 0 spiro atoms. The van der Waals surface area contributed by atoms with Gasteiger partial charge >= 0.3 is 0 Å². The Morgan fingerprint density at radius 1 is 0.682 bits per heavy atom. The third-order valence-corrected chi connectivity index (χ3v) is 4.44. The Labute approximate surface area is 131 Å². The van der Waals surface area contributed by atoms with Gasteiger partial charge in [0.2, 0.25) is 0 Å². The van der Waals surface area contributed by atoms with E-state index in [1.165, 1.54) is 27.6 Å². The van der Waals surface area contributed by atoms with Crippen LogP contribution in [0.3, 0.4) is 0 Å². The highest BCUT2D eigenvalue weighted by atomic mass is 15.2. The van der Waals surface area contributed by atoms with Gasteiger partial charge in [0.15, 0.2) is 0 Å². The van der Waals surface area contributed by atoms with Crippen LogP contribution in [0.1, 0.15) is 0 Å². The summed E-state index contributed by atoms with van der Waals surface area (Å²) >= 11 is 0. The van der Waals surface area contributed by atoms with Gasteiger partial charge in [-0.05, 0) is 22.6 Å². The third-order valence-electron chi connectivity index (χ3n) is 4.44. The van der Waals surface area contributed by atoms with Gasteiger partial charge in [0.25, 0.3) is 0 Å². The molecular weight excluding hydrogens is 268 g/mol. The molecule has 1 saturated heterocycles. The first kappa shape index (κ1) is 13.4. The molecule has 0 unspecified atom stereocenters. The van der Waals surface area contributed by atoms with Crippen LogP contribution >= 0.6 is 0 Å². The molecule has 1 fully saturated rings. The molecule has 1 N–H and O–H groups in total. The van der Waals surface area contributed by atoms with Gasteiger partial charge in [0.1, 0.15) is 0 Å². The number of nitrogens with zero attached hydrogens (tertiary/aromatic N) is 1. The van der Waals surface area contributed by atoms with Gasteiger partial charge in [0, 0.05) is 37.3 Å². The number of anilines is 1. The molecule has 0 bridgehead atoms. The van der Waals surface area contributed by atoms with E-state index in [-0.39, 0.29) is 0 Å².